The maximum absolute atomic E-state index is 11.6. The van der Waals surface area contributed by atoms with E-state index in [9.17, 15) is 36.2 Å². The van der Waals surface area contributed by atoms with Gasteiger partial charge in [0.15, 0.2) is 0 Å². The van der Waals surface area contributed by atoms with Crippen molar-refractivity contribution in [2.45, 2.75) is 11.0 Å². The lowest BCUT2D eigenvalue weighted by Gasteiger charge is -2.34. The van der Waals surface area contributed by atoms with Crippen molar-refractivity contribution in [3.8, 4) is 0 Å². The third-order valence-corrected chi connectivity index (χ3v) is 5.30. The summed E-state index contributed by atoms with van der Waals surface area (Å²) in [6, 6.07) is 6.88. The van der Waals surface area contributed by atoms with Crippen molar-refractivity contribution < 1.29 is 36.2 Å². The van der Waals surface area contributed by atoms with Crippen molar-refractivity contribution in [1.29, 1.82) is 0 Å². The summed E-state index contributed by atoms with van der Waals surface area (Å²) in [5.74, 6) is 0. The fourth-order valence-corrected chi connectivity index (χ4v) is 3.88. The summed E-state index contributed by atoms with van der Waals surface area (Å²) in [6.45, 7) is 0. The summed E-state index contributed by atoms with van der Waals surface area (Å²) < 4.78 is 64.6. The van der Waals surface area contributed by atoms with Gasteiger partial charge in [-0.15, -0.1) is 0 Å². The fourth-order valence-electron chi connectivity index (χ4n) is 2.17. The molecule has 0 fully saturated rings. The molecule has 0 aromatic heterocycles. The van der Waals surface area contributed by atoms with Crippen molar-refractivity contribution in [2.24, 2.45) is 0 Å². The number of benzene rings is 1. The highest BCUT2D eigenvalue weighted by Gasteiger charge is 2.54. The van der Waals surface area contributed by atoms with Crippen LogP contribution in [0.15, 0.2) is 47.4 Å². The van der Waals surface area contributed by atoms with Crippen LogP contribution >= 0.6 is 0 Å². The highest BCUT2D eigenvalue weighted by molar-refractivity contribution is 7.90. The van der Waals surface area contributed by atoms with Crippen LogP contribution in [0.2, 0.25) is 0 Å². The maximum Gasteiger partial charge on any atom is 0.302 e. The second-order valence-corrected chi connectivity index (χ2v) is 7.52. The lowest BCUT2D eigenvalue weighted by atomic mass is 9.92. The summed E-state index contributed by atoms with van der Waals surface area (Å²) in [5.41, 5.74) is -0.952. The zero-order chi connectivity index (χ0) is 16.8. The van der Waals surface area contributed by atoms with E-state index in [1.165, 1.54) is 24.3 Å². The molecule has 10 heteroatoms. The van der Waals surface area contributed by atoms with Crippen LogP contribution < -0.4 is 0 Å². The minimum atomic E-state index is -5.34. The molecule has 2 rings (SSSR count). The van der Waals surface area contributed by atoms with E-state index < -0.39 is 41.8 Å². The summed E-state index contributed by atoms with van der Waals surface area (Å²) in [7, 11) is -10.3. The molecule has 2 unspecified atom stereocenters. The van der Waals surface area contributed by atoms with Gasteiger partial charge in [0.05, 0.1) is 0 Å². The standard InChI is InChI=1S/C12H12O8S2/c13-10-7-6-9(21(15,16)17)11(8-4-2-1-3-5-8)12(10,14)22(18,19)20/h1-7,10,13-14H,(H,15,16,17)(H,18,19,20). The van der Waals surface area contributed by atoms with Crippen LogP contribution in [0.3, 0.4) is 0 Å². The molecule has 0 aliphatic heterocycles. The lowest BCUT2D eigenvalue weighted by molar-refractivity contribution is 0.0467. The quantitative estimate of drug-likeness (QED) is 0.548. The third-order valence-electron chi connectivity index (χ3n) is 3.17. The Hall–Kier alpha value is -1.56. The first-order valence-electron chi connectivity index (χ1n) is 5.83. The average molecular weight is 348 g/mol. The van der Waals surface area contributed by atoms with Crippen molar-refractivity contribution in [1.82, 2.24) is 0 Å². The van der Waals surface area contributed by atoms with Crippen LogP contribution in [0.1, 0.15) is 5.56 Å². The van der Waals surface area contributed by atoms with E-state index in [-0.39, 0.29) is 5.56 Å². The number of allylic oxidation sites excluding steroid dienone is 1. The number of aliphatic hydroxyl groups excluding tert-OH is 1. The highest BCUT2D eigenvalue weighted by Crippen LogP contribution is 2.41. The van der Waals surface area contributed by atoms with Crippen LogP contribution in [0, 0.1) is 0 Å². The summed E-state index contributed by atoms with van der Waals surface area (Å²) in [5, 5.41) is 20.1. The smallest absolute Gasteiger partial charge is 0.302 e. The van der Waals surface area contributed by atoms with Gasteiger partial charge in [-0.1, -0.05) is 36.4 Å². The van der Waals surface area contributed by atoms with Crippen molar-refractivity contribution in [2.75, 3.05) is 0 Å². The van der Waals surface area contributed by atoms with Gasteiger partial charge in [-0.05, 0) is 11.6 Å². The van der Waals surface area contributed by atoms with Gasteiger partial charge in [-0.25, -0.2) is 0 Å². The molecule has 1 aliphatic carbocycles. The molecule has 1 aromatic carbocycles. The minimum absolute atomic E-state index is 0.112. The molecule has 1 aliphatic rings. The minimum Gasteiger partial charge on any atom is -0.384 e. The topological polar surface area (TPSA) is 149 Å². The molecule has 0 spiro atoms. The van der Waals surface area contributed by atoms with E-state index in [0.717, 1.165) is 6.08 Å². The Morgan fingerprint density at radius 2 is 1.55 bits per heavy atom. The van der Waals surface area contributed by atoms with E-state index >= 15 is 0 Å². The molecule has 0 bridgehead atoms. The molecule has 0 amide bonds. The number of hydrogen-bond donors (Lipinski definition) is 4. The van der Waals surface area contributed by atoms with E-state index in [1.807, 2.05) is 0 Å². The SMILES string of the molecule is O=S(=O)(O)C1=C(c2ccccc2)C(O)(S(=O)(=O)O)C(O)C=C1. The molecule has 120 valence electrons. The molecule has 0 heterocycles. The molecule has 1 aromatic rings. The molecular weight excluding hydrogens is 336 g/mol. The predicted molar refractivity (Wildman–Crippen MR) is 76.6 cm³/mol. The second-order valence-electron chi connectivity index (χ2n) is 4.56. The zero-order valence-electron chi connectivity index (χ0n) is 10.9. The fraction of sp³-hybridized carbons (Fsp3) is 0.167. The molecule has 8 nitrogen and oxygen atoms in total. The normalized spacial score (nSPS) is 26.3. The Morgan fingerprint density at radius 1 is 1.00 bits per heavy atom. The number of rotatable bonds is 3. The maximum atomic E-state index is 11.6. The van der Waals surface area contributed by atoms with Crippen LogP contribution in [0.25, 0.3) is 5.57 Å². The summed E-state index contributed by atoms with van der Waals surface area (Å²) in [6.07, 6.45) is -0.742. The second kappa shape index (κ2) is 5.26. The van der Waals surface area contributed by atoms with E-state index in [1.54, 1.807) is 6.07 Å². The molecule has 0 saturated carbocycles. The van der Waals surface area contributed by atoms with E-state index in [4.69, 9.17) is 0 Å². The monoisotopic (exact) mass is 348 g/mol. The molecule has 4 N–H and O–H groups in total. The lowest BCUT2D eigenvalue weighted by Crippen LogP contribution is -2.51. The Bertz CT molecular complexity index is 852. The first-order chi connectivity index (χ1) is 9.99. The Kier molecular flexibility index (Phi) is 4.02. The first-order valence-corrected chi connectivity index (χ1v) is 8.71. The van der Waals surface area contributed by atoms with Gasteiger partial charge in [-0.3, -0.25) is 9.11 Å². The molecule has 0 saturated heterocycles. The van der Waals surface area contributed by atoms with Crippen LogP contribution in [-0.4, -0.2) is 47.2 Å². The van der Waals surface area contributed by atoms with Crippen LogP contribution in [0.4, 0.5) is 0 Å². The largest absolute Gasteiger partial charge is 0.384 e. The van der Waals surface area contributed by atoms with Gasteiger partial charge in [-0.2, -0.15) is 16.8 Å². The molecule has 22 heavy (non-hydrogen) atoms. The molecule has 2 atom stereocenters. The number of aliphatic hydroxyl groups is 2. The zero-order valence-corrected chi connectivity index (χ0v) is 12.5. The van der Waals surface area contributed by atoms with Crippen LogP contribution in [0.5, 0.6) is 0 Å². The highest BCUT2D eigenvalue weighted by atomic mass is 32.2. The van der Waals surface area contributed by atoms with Gasteiger partial charge >= 0.3 is 10.1 Å². The molecular formula is C12H12O8S2. The van der Waals surface area contributed by atoms with E-state index in [0.29, 0.717) is 6.08 Å². The first kappa shape index (κ1) is 16.8. The third kappa shape index (κ3) is 2.60. The number of hydrogen-bond acceptors (Lipinski definition) is 6. The van der Waals surface area contributed by atoms with Crippen molar-refractivity contribution in [3.05, 3.63) is 53.0 Å². The van der Waals surface area contributed by atoms with Gasteiger partial charge in [0.25, 0.3) is 10.1 Å². The van der Waals surface area contributed by atoms with Gasteiger partial charge in [0.2, 0.25) is 4.93 Å². The van der Waals surface area contributed by atoms with Crippen molar-refractivity contribution in [3.63, 3.8) is 0 Å². The summed E-state index contributed by atoms with van der Waals surface area (Å²) in [4.78, 5) is -4.28. The predicted octanol–water partition coefficient (Wildman–Crippen LogP) is -0.207. The Labute approximate surface area is 126 Å². The Balaban J connectivity index is 2.96. The Morgan fingerprint density at radius 3 is 2.00 bits per heavy atom. The van der Waals surface area contributed by atoms with Crippen molar-refractivity contribution >= 4 is 25.8 Å². The summed E-state index contributed by atoms with van der Waals surface area (Å²) >= 11 is 0. The van der Waals surface area contributed by atoms with Crippen LogP contribution in [-0.2, 0) is 20.2 Å². The molecule has 0 radical (unpaired) electrons. The van der Waals surface area contributed by atoms with Gasteiger partial charge in [0.1, 0.15) is 11.0 Å². The van der Waals surface area contributed by atoms with E-state index in [2.05, 4.69) is 0 Å². The average Bonchev–Trinajstić information content (AvgIpc) is 2.40. The van der Waals surface area contributed by atoms with Gasteiger partial charge < -0.3 is 10.2 Å². The van der Waals surface area contributed by atoms with Gasteiger partial charge in [0, 0.05) is 5.57 Å².